The highest BCUT2D eigenvalue weighted by atomic mass is 16.6. The Morgan fingerprint density at radius 1 is 1.43 bits per heavy atom. The molecule has 1 aliphatic carbocycles. The Morgan fingerprint density at radius 3 is 3.29 bits per heavy atom. The zero-order valence-corrected chi connectivity index (χ0v) is 8.12. The summed E-state index contributed by atoms with van der Waals surface area (Å²) in [6.45, 7) is 0.665. The molecule has 0 aromatic rings. The molecule has 0 unspecified atom stereocenters. The van der Waals surface area contributed by atoms with Gasteiger partial charge in [-0.1, -0.05) is 6.08 Å². The van der Waals surface area contributed by atoms with Crippen molar-refractivity contribution in [1.82, 2.24) is 0 Å². The molecule has 2 atom stereocenters. The van der Waals surface area contributed by atoms with Crippen LogP contribution < -0.4 is 0 Å². The Kier molecular flexibility index (Phi) is 1.71. The van der Waals surface area contributed by atoms with Gasteiger partial charge in [-0.15, -0.1) is 0 Å². The standard InChI is InChI=1S/C11H14O3/c12-10-6-9-11(14-10)5-3-1-2-4-8(11)7-13-9/h4,9H,1-3,5-7H2/t9-,11-/m1/s1. The van der Waals surface area contributed by atoms with Crippen LogP contribution in [-0.2, 0) is 14.3 Å². The van der Waals surface area contributed by atoms with E-state index in [1.54, 1.807) is 0 Å². The monoisotopic (exact) mass is 194 g/mol. The molecule has 3 heteroatoms. The minimum absolute atomic E-state index is 0.000602. The molecule has 0 amide bonds. The van der Waals surface area contributed by atoms with Crippen molar-refractivity contribution in [2.45, 2.75) is 43.8 Å². The second-order valence-electron chi connectivity index (χ2n) is 4.34. The zero-order valence-electron chi connectivity index (χ0n) is 8.12. The molecule has 2 aliphatic heterocycles. The van der Waals surface area contributed by atoms with Gasteiger partial charge in [0.25, 0.3) is 0 Å². The molecule has 1 spiro atoms. The summed E-state index contributed by atoms with van der Waals surface area (Å²) in [7, 11) is 0. The summed E-state index contributed by atoms with van der Waals surface area (Å²) in [5, 5.41) is 0. The molecule has 2 saturated heterocycles. The van der Waals surface area contributed by atoms with Gasteiger partial charge in [-0.2, -0.15) is 0 Å². The number of allylic oxidation sites excluding steroid dienone is 1. The van der Waals surface area contributed by atoms with Crippen LogP contribution in [0.3, 0.4) is 0 Å². The molecule has 0 aromatic heterocycles. The van der Waals surface area contributed by atoms with Crippen molar-refractivity contribution < 1.29 is 14.3 Å². The fourth-order valence-corrected chi connectivity index (χ4v) is 2.82. The van der Waals surface area contributed by atoms with Crippen LogP contribution in [0.4, 0.5) is 0 Å². The van der Waals surface area contributed by atoms with E-state index in [1.807, 2.05) is 0 Å². The number of hydrogen-bond acceptors (Lipinski definition) is 3. The fraction of sp³-hybridized carbons (Fsp3) is 0.727. The summed E-state index contributed by atoms with van der Waals surface area (Å²) in [5.74, 6) is -0.0949. The van der Waals surface area contributed by atoms with Gasteiger partial charge in [0.1, 0.15) is 6.10 Å². The first-order valence-corrected chi connectivity index (χ1v) is 5.34. The fourth-order valence-electron chi connectivity index (χ4n) is 2.82. The highest BCUT2D eigenvalue weighted by molar-refractivity contribution is 5.75. The van der Waals surface area contributed by atoms with Crippen molar-refractivity contribution in [3.63, 3.8) is 0 Å². The Morgan fingerprint density at radius 2 is 2.36 bits per heavy atom. The SMILES string of the molecule is O=C1C[C@H]2OCC3=CCCCC[C@@]32O1. The van der Waals surface area contributed by atoms with Crippen LogP contribution in [0.5, 0.6) is 0 Å². The summed E-state index contributed by atoms with van der Waals surface area (Å²) < 4.78 is 11.2. The van der Waals surface area contributed by atoms with E-state index >= 15 is 0 Å². The lowest BCUT2D eigenvalue weighted by Gasteiger charge is -2.26. The number of carbonyl (C=O) groups is 1. The number of carbonyl (C=O) groups excluding carboxylic acids is 1. The lowest BCUT2D eigenvalue weighted by molar-refractivity contribution is -0.146. The lowest BCUT2D eigenvalue weighted by atomic mass is 9.87. The second-order valence-corrected chi connectivity index (χ2v) is 4.34. The van der Waals surface area contributed by atoms with Gasteiger partial charge >= 0.3 is 5.97 Å². The van der Waals surface area contributed by atoms with Crippen molar-refractivity contribution in [3.8, 4) is 0 Å². The van der Waals surface area contributed by atoms with Crippen LogP contribution in [0, 0.1) is 0 Å². The molecule has 14 heavy (non-hydrogen) atoms. The molecule has 0 bridgehead atoms. The van der Waals surface area contributed by atoms with E-state index < -0.39 is 0 Å². The molecular weight excluding hydrogens is 180 g/mol. The first-order chi connectivity index (χ1) is 6.81. The Labute approximate surface area is 83.1 Å². The maximum atomic E-state index is 11.3. The predicted octanol–water partition coefficient (Wildman–Crippen LogP) is 1.57. The van der Waals surface area contributed by atoms with Crippen molar-refractivity contribution in [2.75, 3.05) is 6.61 Å². The van der Waals surface area contributed by atoms with Gasteiger partial charge in [0.2, 0.25) is 0 Å². The zero-order chi connectivity index (χ0) is 9.60. The molecular formula is C11H14O3. The van der Waals surface area contributed by atoms with Gasteiger partial charge in [-0.25, -0.2) is 0 Å². The van der Waals surface area contributed by atoms with E-state index in [4.69, 9.17) is 9.47 Å². The third-order valence-corrected chi connectivity index (χ3v) is 3.54. The molecule has 0 N–H and O–H groups in total. The van der Waals surface area contributed by atoms with Gasteiger partial charge in [0.15, 0.2) is 5.60 Å². The van der Waals surface area contributed by atoms with Crippen molar-refractivity contribution >= 4 is 5.97 Å². The van der Waals surface area contributed by atoms with Gasteiger partial charge in [0, 0.05) is 0 Å². The number of hydrogen-bond donors (Lipinski definition) is 0. The maximum Gasteiger partial charge on any atom is 0.309 e. The third kappa shape index (κ3) is 0.989. The summed E-state index contributed by atoms with van der Waals surface area (Å²) in [4.78, 5) is 11.3. The molecule has 76 valence electrons. The number of rotatable bonds is 0. The molecule has 0 aromatic carbocycles. The van der Waals surface area contributed by atoms with Crippen LogP contribution in [0.2, 0.25) is 0 Å². The van der Waals surface area contributed by atoms with Crippen LogP contribution in [0.15, 0.2) is 11.6 Å². The van der Waals surface area contributed by atoms with Crippen molar-refractivity contribution in [1.29, 1.82) is 0 Å². The third-order valence-electron chi connectivity index (χ3n) is 3.54. The maximum absolute atomic E-state index is 11.3. The summed E-state index contributed by atoms with van der Waals surface area (Å²) in [6.07, 6.45) is 7.05. The first kappa shape index (κ1) is 8.48. The van der Waals surface area contributed by atoms with Gasteiger partial charge in [0.05, 0.1) is 13.0 Å². The Bertz CT molecular complexity index is 308. The van der Waals surface area contributed by atoms with Gasteiger partial charge in [-0.05, 0) is 31.3 Å². The van der Waals surface area contributed by atoms with Crippen LogP contribution in [-0.4, -0.2) is 24.3 Å². The normalized spacial score (nSPS) is 41.0. The second kappa shape index (κ2) is 2.83. The molecule has 3 aliphatic rings. The topological polar surface area (TPSA) is 35.5 Å². The number of ether oxygens (including phenoxy) is 2. The molecule has 3 nitrogen and oxygen atoms in total. The first-order valence-electron chi connectivity index (χ1n) is 5.34. The average Bonchev–Trinajstić information content (AvgIpc) is 2.53. The largest absolute Gasteiger partial charge is 0.452 e. The molecule has 0 saturated carbocycles. The summed E-state index contributed by atoms with van der Waals surface area (Å²) in [5.41, 5.74) is 0.860. The Hall–Kier alpha value is -0.830. The summed E-state index contributed by atoms with van der Waals surface area (Å²) >= 11 is 0. The highest BCUT2D eigenvalue weighted by Crippen LogP contribution is 2.46. The van der Waals surface area contributed by atoms with Gasteiger partial charge in [-0.3, -0.25) is 4.79 Å². The molecule has 2 heterocycles. The smallest absolute Gasteiger partial charge is 0.309 e. The van der Waals surface area contributed by atoms with E-state index in [0.29, 0.717) is 13.0 Å². The van der Waals surface area contributed by atoms with Crippen LogP contribution >= 0.6 is 0 Å². The van der Waals surface area contributed by atoms with E-state index in [-0.39, 0.29) is 17.7 Å². The quantitative estimate of drug-likeness (QED) is 0.434. The van der Waals surface area contributed by atoms with E-state index in [0.717, 1.165) is 19.3 Å². The average molecular weight is 194 g/mol. The van der Waals surface area contributed by atoms with Crippen molar-refractivity contribution in [3.05, 3.63) is 11.6 Å². The van der Waals surface area contributed by atoms with Crippen LogP contribution in [0.1, 0.15) is 32.1 Å². The minimum Gasteiger partial charge on any atom is -0.452 e. The van der Waals surface area contributed by atoms with Crippen LogP contribution in [0.25, 0.3) is 0 Å². The summed E-state index contributed by atoms with van der Waals surface area (Å²) in [6, 6.07) is 0. The predicted molar refractivity (Wildman–Crippen MR) is 49.7 cm³/mol. The van der Waals surface area contributed by atoms with Crippen molar-refractivity contribution in [2.24, 2.45) is 0 Å². The minimum atomic E-state index is -0.354. The molecule has 3 rings (SSSR count). The Balaban J connectivity index is 2.01. The molecule has 2 fully saturated rings. The lowest BCUT2D eigenvalue weighted by Crippen LogP contribution is -2.36. The highest BCUT2D eigenvalue weighted by Gasteiger charge is 2.56. The molecule has 0 radical (unpaired) electrons. The van der Waals surface area contributed by atoms with E-state index in [9.17, 15) is 4.79 Å². The van der Waals surface area contributed by atoms with E-state index in [1.165, 1.54) is 12.0 Å². The number of esters is 1. The van der Waals surface area contributed by atoms with E-state index in [2.05, 4.69) is 6.08 Å². The van der Waals surface area contributed by atoms with Gasteiger partial charge < -0.3 is 9.47 Å².